The maximum Gasteiger partial charge on any atom is 0.323 e. The van der Waals surface area contributed by atoms with Gasteiger partial charge in [-0.05, 0) is 30.9 Å². The monoisotopic (exact) mass is 408 g/mol. The average molecular weight is 408 g/mol. The van der Waals surface area contributed by atoms with Crippen LogP contribution in [-0.4, -0.2) is 26.0 Å². The number of thioether (sulfide) groups is 1. The van der Waals surface area contributed by atoms with Gasteiger partial charge in [0.2, 0.25) is 11.8 Å². The molecule has 0 atom stereocenters. The second-order valence-electron chi connectivity index (χ2n) is 5.02. The number of nitrogens with zero attached hydrogens (tertiary/aromatic N) is 2. The first-order chi connectivity index (χ1) is 12.4. The van der Waals surface area contributed by atoms with Crippen molar-refractivity contribution in [3.8, 4) is 5.88 Å². The highest BCUT2D eigenvalue weighted by Crippen LogP contribution is 2.47. The fourth-order valence-corrected chi connectivity index (χ4v) is 4.50. The van der Waals surface area contributed by atoms with Gasteiger partial charge in [0.25, 0.3) is 0 Å². The summed E-state index contributed by atoms with van der Waals surface area (Å²) < 4.78 is 1.37. The zero-order valence-electron chi connectivity index (χ0n) is 13.1. The number of hydrogen-bond donors (Lipinski definition) is 3. The maximum atomic E-state index is 10.9. The summed E-state index contributed by atoms with van der Waals surface area (Å²) in [4.78, 5) is 18.0. The Morgan fingerprint density at radius 3 is 2.85 bits per heavy atom. The van der Waals surface area contributed by atoms with Crippen LogP contribution in [0.4, 0.5) is 5.69 Å². The van der Waals surface area contributed by atoms with Crippen molar-refractivity contribution < 1.29 is 25.2 Å². The van der Waals surface area contributed by atoms with E-state index >= 15 is 0 Å². The average Bonchev–Trinajstić information content (AvgIpc) is 3.11. The number of carboxylic acids is 1. The molecule has 0 aliphatic carbocycles. The third-order valence-electron chi connectivity index (χ3n) is 3.38. The van der Waals surface area contributed by atoms with Crippen LogP contribution in [0.25, 0.3) is 6.08 Å². The molecule has 0 spiro atoms. The summed E-state index contributed by atoms with van der Waals surface area (Å²) in [6.07, 6.45) is 1.50. The molecule has 7 nitrogen and oxygen atoms in total. The number of rotatable bonds is 5. The minimum absolute atomic E-state index is 0.00125. The van der Waals surface area contributed by atoms with Crippen molar-refractivity contribution in [2.75, 3.05) is 4.90 Å². The molecule has 0 saturated carbocycles. The van der Waals surface area contributed by atoms with Gasteiger partial charge in [-0.15, -0.1) is 11.3 Å². The lowest BCUT2D eigenvalue weighted by Gasteiger charge is -2.17. The lowest BCUT2D eigenvalue weighted by molar-refractivity contribution is -0.203. The van der Waals surface area contributed by atoms with Gasteiger partial charge >= 0.3 is 5.97 Å². The Bertz CT molecular complexity index is 1020. The Hall–Kier alpha value is -2.49. The normalized spacial score (nSPS) is 12.5. The van der Waals surface area contributed by atoms with Crippen LogP contribution in [0.5, 0.6) is 5.88 Å². The zero-order valence-corrected chi connectivity index (χ0v) is 15.5. The standard InChI is InChI=1S/C16H12N2O5S3/c1-9(23-22)18-10-4-2-3-5-11(10)25-13(18)7-6-12-15(21)17(8-14(19)20)16(24)26-12/h2-6,21-22H,1,8H2,(H,19,20). The topological polar surface area (TPSA) is 95.2 Å². The molecule has 0 bridgehead atoms. The summed E-state index contributed by atoms with van der Waals surface area (Å²) in [6, 6.07) is 7.46. The van der Waals surface area contributed by atoms with Gasteiger partial charge in [-0.2, -0.15) is 0 Å². The molecule has 134 valence electrons. The number of carboxylic acid groups (broad SMARTS) is 1. The van der Waals surface area contributed by atoms with Gasteiger partial charge in [-0.1, -0.05) is 29.6 Å². The van der Waals surface area contributed by atoms with Crippen LogP contribution in [0, 0.1) is 3.95 Å². The van der Waals surface area contributed by atoms with Crippen molar-refractivity contribution in [2.24, 2.45) is 0 Å². The highest BCUT2D eigenvalue weighted by molar-refractivity contribution is 8.03. The minimum Gasteiger partial charge on any atom is -0.493 e. The van der Waals surface area contributed by atoms with Gasteiger partial charge in [0.15, 0.2) is 3.95 Å². The Morgan fingerprint density at radius 2 is 2.15 bits per heavy atom. The molecule has 0 saturated heterocycles. The highest BCUT2D eigenvalue weighted by atomic mass is 32.2. The van der Waals surface area contributed by atoms with Crippen molar-refractivity contribution in [1.29, 1.82) is 0 Å². The van der Waals surface area contributed by atoms with Gasteiger partial charge in [-0.25, -0.2) is 5.26 Å². The Balaban J connectivity index is 2.03. The first-order valence-electron chi connectivity index (χ1n) is 7.10. The number of aliphatic carboxylic acids is 1. The smallest absolute Gasteiger partial charge is 0.323 e. The van der Waals surface area contributed by atoms with Crippen molar-refractivity contribution in [2.45, 2.75) is 11.4 Å². The number of fused-ring (bicyclic) bond motifs is 1. The number of para-hydroxylation sites is 1. The van der Waals surface area contributed by atoms with E-state index in [0.29, 0.717) is 9.91 Å². The van der Waals surface area contributed by atoms with Crippen LogP contribution in [-0.2, 0) is 16.2 Å². The molecular formula is C16H12N2O5S3. The molecule has 10 heteroatoms. The predicted octanol–water partition coefficient (Wildman–Crippen LogP) is 4.10. The number of benzene rings is 1. The van der Waals surface area contributed by atoms with E-state index in [4.69, 9.17) is 22.6 Å². The van der Waals surface area contributed by atoms with E-state index in [1.54, 1.807) is 4.90 Å². The quantitative estimate of drug-likeness (QED) is 0.224. The SMILES string of the molecule is C=C(OO)N1C(=C=Cc2sc(=S)n(CC(=O)O)c2O)Sc2ccccc21. The predicted molar refractivity (Wildman–Crippen MR) is 102 cm³/mol. The van der Waals surface area contributed by atoms with Crippen molar-refractivity contribution in [1.82, 2.24) is 4.57 Å². The third kappa shape index (κ3) is 3.41. The molecule has 1 aliphatic rings. The summed E-state index contributed by atoms with van der Waals surface area (Å²) >= 11 is 7.54. The number of hydrogen-bond acceptors (Lipinski definition) is 8. The first kappa shape index (κ1) is 18.3. The van der Waals surface area contributed by atoms with E-state index in [0.717, 1.165) is 26.5 Å². The van der Waals surface area contributed by atoms with E-state index < -0.39 is 12.5 Å². The van der Waals surface area contributed by atoms with E-state index in [9.17, 15) is 9.90 Å². The summed E-state index contributed by atoms with van der Waals surface area (Å²) in [5.74, 6) is -1.34. The van der Waals surface area contributed by atoms with Crippen LogP contribution in [0.1, 0.15) is 4.88 Å². The lowest BCUT2D eigenvalue weighted by atomic mass is 10.3. The van der Waals surface area contributed by atoms with Crippen LogP contribution in [0.2, 0.25) is 0 Å². The molecule has 0 amide bonds. The van der Waals surface area contributed by atoms with E-state index in [-0.39, 0.29) is 15.7 Å². The lowest BCUT2D eigenvalue weighted by Crippen LogP contribution is -2.16. The van der Waals surface area contributed by atoms with Crippen LogP contribution in [0.15, 0.2) is 52.4 Å². The number of aromatic nitrogens is 1. The van der Waals surface area contributed by atoms with Crippen molar-refractivity contribution in [3.05, 3.63) is 56.3 Å². The Labute approximate surface area is 161 Å². The van der Waals surface area contributed by atoms with E-state index in [1.165, 1.54) is 17.8 Å². The van der Waals surface area contributed by atoms with Crippen LogP contribution in [0.3, 0.4) is 0 Å². The van der Waals surface area contributed by atoms with Gasteiger partial charge in [-0.3, -0.25) is 14.3 Å². The molecule has 0 fully saturated rings. The van der Waals surface area contributed by atoms with Gasteiger partial charge in [0, 0.05) is 11.0 Å². The Kier molecular flexibility index (Phi) is 5.21. The number of thiazole rings is 1. The van der Waals surface area contributed by atoms with Gasteiger partial charge in [0.05, 0.1) is 10.6 Å². The van der Waals surface area contributed by atoms with E-state index in [2.05, 4.69) is 17.2 Å². The zero-order chi connectivity index (χ0) is 18.8. The second kappa shape index (κ2) is 7.40. The van der Waals surface area contributed by atoms with Crippen molar-refractivity contribution in [3.63, 3.8) is 0 Å². The molecule has 1 aromatic carbocycles. The minimum atomic E-state index is -1.10. The first-order valence-corrected chi connectivity index (χ1v) is 9.15. The molecule has 1 aliphatic heterocycles. The number of anilines is 1. The molecule has 1 aromatic heterocycles. The highest BCUT2D eigenvalue weighted by Gasteiger charge is 2.28. The Morgan fingerprint density at radius 1 is 1.42 bits per heavy atom. The molecule has 0 radical (unpaired) electrons. The molecule has 3 rings (SSSR count). The fraction of sp³-hybridized carbons (Fsp3) is 0.0625. The third-order valence-corrected chi connectivity index (χ3v) is 5.83. The summed E-state index contributed by atoms with van der Waals surface area (Å²) in [5.41, 5.74) is 3.79. The van der Waals surface area contributed by atoms with Gasteiger partial charge in [0.1, 0.15) is 11.6 Å². The second-order valence-corrected chi connectivity index (χ2v) is 7.73. The summed E-state index contributed by atoms with van der Waals surface area (Å²) in [6.45, 7) is 3.24. The van der Waals surface area contributed by atoms with E-state index in [1.807, 2.05) is 24.3 Å². The molecule has 3 N–H and O–H groups in total. The molecule has 2 heterocycles. The fourth-order valence-electron chi connectivity index (χ4n) is 2.28. The summed E-state index contributed by atoms with van der Waals surface area (Å²) in [7, 11) is 0. The van der Waals surface area contributed by atoms with Crippen LogP contribution < -0.4 is 4.90 Å². The van der Waals surface area contributed by atoms with Gasteiger partial charge < -0.3 is 15.1 Å². The molecule has 26 heavy (non-hydrogen) atoms. The summed E-state index contributed by atoms with van der Waals surface area (Å²) in [5, 5.41) is 28.6. The molecular weight excluding hydrogens is 396 g/mol. The maximum absolute atomic E-state index is 10.9. The largest absolute Gasteiger partial charge is 0.493 e. The van der Waals surface area contributed by atoms with Crippen molar-refractivity contribution >= 4 is 53.0 Å². The number of carbonyl (C=O) groups is 1. The number of aromatic hydroxyl groups is 1. The van der Waals surface area contributed by atoms with Crippen LogP contribution >= 0.6 is 35.3 Å². The molecule has 0 unspecified atom stereocenters. The molecule has 2 aromatic rings.